The van der Waals surface area contributed by atoms with Gasteiger partial charge >= 0.3 is 0 Å². The second-order valence-corrected chi connectivity index (χ2v) is 5.10. The molecule has 0 unspecified atom stereocenters. The Morgan fingerprint density at radius 1 is 1.38 bits per heavy atom. The second-order valence-electron chi connectivity index (χ2n) is 5.10. The van der Waals surface area contributed by atoms with Gasteiger partial charge in [-0.3, -0.25) is 0 Å². The molecule has 0 saturated carbocycles. The third-order valence-corrected chi connectivity index (χ3v) is 3.06. The van der Waals surface area contributed by atoms with Crippen molar-refractivity contribution in [1.82, 2.24) is 4.98 Å². The van der Waals surface area contributed by atoms with Crippen molar-refractivity contribution in [3.63, 3.8) is 0 Å². The van der Waals surface area contributed by atoms with Crippen LogP contribution in [0.3, 0.4) is 0 Å². The maximum Gasteiger partial charge on any atom is 0.145 e. The number of hydrogen-bond donors (Lipinski definition) is 1. The van der Waals surface area contributed by atoms with E-state index < -0.39 is 0 Å². The molecule has 21 heavy (non-hydrogen) atoms. The van der Waals surface area contributed by atoms with E-state index in [-0.39, 0.29) is 0 Å². The van der Waals surface area contributed by atoms with E-state index in [0.29, 0.717) is 13.2 Å². The molecule has 1 N–H and O–H groups in total. The highest BCUT2D eigenvalue weighted by Gasteiger charge is 2.08. The third-order valence-electron chi connectivity index (χ3n) is 3.06. The van der Waals surface area contributed by atoms with E-state index in [2.05, 4.69) is 16.9 Å². The average Bonchev–Trinajstić information content (AvgIpc) is 2.45. The largest absolute Gasteiger partial charge is 0.494 e. The number of ether oxygens (including phenoxy) is 2. The lowest BCUT2D eigenvalue weighted by atomic mass is 10.1. The Morgan fingerprint density at radius 3 is 2.90 bits per heavy atom. The van der Waals surface area contributed by atoms with E-state index >= 15 is 0 Å². The molecule has 1 aromatic heterocycles. The van der Waals surface area contributed by atoms with Gasteiger partial charge in [0.1, 0.15) is 11.3 Å². The van der Waals surface area contributed by atoms with Gasteiger partial charge in [-0.25, -0.2) is 4.98 Å². The standard InChI is InChI=1S/C17H22N2O2/c1-12(2)11-21-9-8-18-15-10-13(3)19-17-14(15)6-5-7-16(17)20-4/h5-7,10H,1,8-9,11H2,2-4H3,(H,18,19). The highest BCUT2D eigenvalue weighted by Crippen LogP contribution is 2.29. The lowest BCUT2D eigenvalue weighted by Gasteiger charge is -2.12. The van der Waals surface area contributed by atoms with Crippen molar-refractivity contribution < 1.29 is 9.47 Å². The van der Waals surface area contributed by atoms with E-state index in [9.17, 15) is 0 Å². The first-order chi connectivity index (χ1) is 10.1. The number of benzene rings is 1. The first kappa shape index (κ1) is 15.3. The predicted octanol–water partition coefficient (Wildman–Crippen LogP) is 3.56. The maximum absolute atomic E-state index is 5.50. The maximum atomic E-state index is 5.50. The zero-order valence-electron chi connectivity index (χ0n) is 12.9. The third kappa shape index (κ3) is 3.95. The number of methoxy groups -OCH3 is 1. The minimum atomic E-state index is 0.603. The summed E-state index contributed by atoms with van der Waals surface area (Å²) in [7, 11) is 1.66. The number of aromatic nitrogens is 1. The van der Waals surface area contributed by atoms with E-state index in [1.54, 1.807) is 7.11 Å². The van der Waals surface area contributed by atoms with Gasteiger partial charge in [0.05, 0.1) is 20.3 Å². The van der Waals surface area contributed by atoms with Crippen molar-refractivity contribution in [2.24, 2.45) is 0 Å². The molecule has 0 spiro atoms. The summed E-state index contributed by atoms with van der Waals surface area (Å²) < 4.78 is 10.9. The molecule has 0 aliphatic heterocycles. The lowest BCUT2D eigenvalue weighted by molar-refractivity contribution is 0.167. The van der Waals surface area contributed by atoms with E-state index in [4.69, 9.17) is 9.47 Å². The Hall–Kier alpha value is -2.07. The molecule has 112 valence electrons. The van der Waals surface area contributed by atoms with Crippen molar-refractivity contribution in [2.45, 2.75) is 13.8 Å². The van der Waals surface area contributed by atoms with Crippen LogP contribution in [-0.4, -0.2) is 31.9 Å². The van der Waals surface area contributed by atoms with Crippen molar-refractivity contribution in [3.05, 3.63) is 42.1 Å². The van der Waals surface area contributed by atoms with Crippen LogP contribution in [0.15, 0.2) is 36.4 Å². The molecular weight excluding hydrogens is 264 g/mol. The van der Waals surface area contributed by atoms with Gasteiger partial charge in [0.15, 0.2) is 0 Å². The van der Waals surface area contributed by atoms with Gasteiger partial charge in [-0.05, 0) is 26.0 Å². The summed E-state index contributed by atoms with van der Waals surface area (Å²) in [5.41, 5.74) is 3.92. The van der Waals surface area contributed by atoms with E-state index in [1.807, 2.05) is 38.1 Å². The minimum Gasteiger partial charge on any atom is -0.494 e. The monoisotopic (exact) mass is 286 g/mol. The normalized spacial score (nSPS) is 10.6. The summed E-state index contributed by atoms with van der Waals surface area (Å²) >= 11 is 0. The molecule has 0 fully saturated rings. The summed E-state index contributed by atoms with van der Waals surface area (Å²) in [5.74, 6) is 0.790. The molecular formula is C17H22N2O2. The van der Waals surface area contributed by atoms with Crippen LogP contribution in [0.2, 0.25) is 0 Å². The van der Waals surface area contributed by atoms with Gasteiger partial charge in [0, 0.05) is 23.3 Å². The second kappa shape index (κ2) is 7.09. The molecule has 0 atom stereocenters. The first-order valence-corrected chi connectivity index (χ1v) is 7.02. The number of pyridine rings is 1. The van der Waals surface area contributed by atoms with Gasteiger partial charge in [0.2, 0.25) is 0 Å². The van der Waals surface area contributed by atoms with Gasteiger partial charge in [-0.2, -0.15) is 0 Å². The Bertz CT molecular complexity index is 638. The number of rotatable bonds is 7. The predicted molar refractivity (Wildman–Crippen MR) is 87.2 cm³/mol. The molecule has 0 aliphatic rings. The topological polar surface area (TPSA) is 43.4 Å². The molecule has 1 heterocycles. The molecule has 0 aliphatic carbocycles. The molecule has 0 radical (unpaired) electrons. The quantitative estimate of drug-likeness (QED) is 0.624. The molecule has 4 nitrogen and oxygen atoms in total. The van der Waals surface area contributed by atoms with Gasteiger partial charge in [-0.1, -0.05) is 24.3 Å². The molecule has 4 heteroatoms. The molecule has 2 aromatic rings. The van der Waals surface area contributed by atoms with E-state index in [1.165, 1.54) is 0 Å². The zero-order chi connectivity index (χ0) is 15.2. The lowest BCUT2D eigenvalue weighted by Crippen LogP contribution is -2.11. The number of aryl methyl sites for hydroxylation is 1. The summed E-state index contributed by atoms with van der Waals surface area (Å²) in [6.45, 7) is 9.73. The Labute approximate surface area is 125 Å². The Balaban J connectivity index is 2.14. The number of fused-ring (bicyclic) bond motifs is 1. The van der Waals surface area contributed by atoms with Crippen LogP contribution in [0.25, 0.3) is 10.9 Å². The van der Waals surface area contributed by atoms with Gasteiger partial charge in [-0.15, -0.1) is 0 Å². The number of anilines is 1. The van der Waals surface area contributed by atoms with Gasteiger partial charge in [0.25, 0.3) is 0 Å². The Morgan fingerprint density at radius 2 is 2.19 bits per heavy atom. The number of nitrogens with zero attached hydrogens (tertiary/aromatic N) is 1. The molecule has 0 saturated heterocycles. The summed E-state index contributed by atoms with van der Waals surface area (Å²) in [5, 5.41) is 4.46. The highest BCUT2D eigenvalue weighted by atomic mass is 16.5. The van der Waals surface area contributed by atoms with Gasteiger partial charge < -0.3 is 14.8 Å². The SMILES string of the molecule is C=C(C)COCCNc1cc(C)nc2c(OC)cccc12. The number of para-hydroxylation sites is 1. The van der Waals surface area contributed by atoms with Crippen LogP contribution >= 0.6 is 0 Å². The highest BCUT2D eigenvalue weighted by molar-refractivity contribution is 5.95. The fourth-order valence-corrected chi connectivity index (χ4v) is 2.17. The fraction of sp³-hybridized carbons (Fsp3) is 0.353. The van der Waals surface area contributed by atoms with E-state index in [0.717, 1.165) is 40.2 Å². The minimum absolute atomic E-state index is 0.603. The molecule has 0 amide bonds. The van der Waals surface area contributed by atoms with Crippen molar-refractivity contribution in [2.75, 3.05) is 32.2 Å². The average molecular weight is 286 g/mol. The van der Waals surface area contributed by atoms with Crippen LogP contribution in [0, 0.1) is 6.92 Å². The number of nitrogens with one attached hydrogen (secondary N) is 1. The smallest absolute Gasteiger partial charge is 0.145 e. The number of hydrogen-bond acceptors (Lipinski definition) is 4. The van der Waals surface area contributed by atoms with Crippen molar-refractivity contribution >= 4 is 16.6 Å². The van der Waals surface area contributed by atoms with Crippen LogP contribution < -0.4 is 10.1 Å². The Kier molecular flexibility index (Phi) is 5.17. The summed E-state index contributed by atoms with van der Waals surface area (Å²) in [6.07, 6.45) is 0. The van der Waals surface area contributed by atoms with Crippen LogP contribution in [-0.2, 0) is 4.74 Å². The first-order valence-electron chi connectivity index (χ1n) is 7.02. The van der Waals surface area contributed by atoms with Crippen molar-refractivity contribution in [1.29, 1.82) is 0 Å². The summed E-state index contributed by atoms with van der Waals surface area (Å²) in [4.78, 5) is 4.57. The van der Waals surface area contributed by atoms with Crippen LogP contribution in [0.4, 0.5) is 5.69 Å². The zero-order valence-corrected chi connectivity index (χ0v) is 12.9. The fourth-order valence-electron chi connectivity index (χ4n) is 2.17. The molecule has 0 bridgehead atoms. The van der Waals surface area contributed by atoms with Crippen LogP contribution in [0.5, 0.6) is 5.75 Å². The summed E-state index contributed by atoms with van der Waals surface area (Å²) in [6, 6.07) is 7.98. The molecule has 1 aromatic carbocycles. The molecule has 2 rings (SSSR count). The van der Waals surface area contributed by atoms with Crippen molar-refractivity contribution in [3.8, 4) is 5.75 Å². The van der Waals surface area contributed by atoms with Crippen LogP contribution in [0.1, 0.15) is 12.6 Å².